The first kappa shape index (κ1) is 19.9. The second-order valence-electron chi connectivity index (χ2n) is 8.80. The number of hydrogen-bond acceptors (Lipinski definition) is 6. The van der Waals surface area contributed by atoms with Crippen LogP contribution in [0.4, 0.5) is 17.3 Å². The van der Waals surface area contributed by atoms with Crippen LogP contribution in [0, 0.1) is 0 Å². The Morgan fingerprint density at radius 2 is 2.03 bits per heavy atom. The molecule has 6 heteroatoms. The van der Waals surface area contributed by atoms with Gasteiger partial charge in [0.05, 0.1) is 24.1 Å². The van der Waals surface area contributed by atoms with Gasteiger partial charge in [-0.3, -0.25) is 9.88 Å². The van der Waals surface area contributed by atoms with Crippen LogP contribution in [-0.4, -0.2) is 39.0 Å². The topological polar surface area (TPSA) is 57.2 Å². The van der Waals surface area contributed by atoms with Crippen LogP contribution in [-0.2, 0) is 13.0 Å². The molecule has 1 fully saturated rings. The molecule has 31 heavy (non-hydrogen) atoms. The molecule has 0 unspecified atom stereocenters. The fourth-order valence-corrected chi connectivity index (χ4v) is 4.87. The van der Waals surface area contributed by atoms with Crippen molar-refractivity contribution >= 4 is 17.3 Å². The zero-order valence-corrected chi connectivity index (χ0v) is 18.3. The van der Waals surface area contributed by atoms with E-state index in [1.54, 1.807) is 12.4 Å². The zero-order valence-electron chi connectivity index (χ0n) is 18.3. The lowest BCUT2D eigenvalue weighted by Crippen LogP contribution is -2.28. The lowest BCUT2D eigenvalue weighted by Gasteiger charge is -2.26. The molecule has 0 bridgehead atoms. The summed E-state index contributed by atoms with van der Waals surface area (Å²) in [4.78, 5) is 18.7. The molecule has 160 valence electrons. The number of fused-ring (bicyclic) bond motifs is 1. The Hall–Kier alpha value is -2.99. The van der Waals surface area contributed by atoms with Crippen molar-refractivity contribution in [3.05, 3.63) is 71.8 Å². The highest BCUT2D eigenvalue weighted by Crippen LogP contribution is 2.35. The van der Waals surface area contributed by atoms with Crippen molar-refractivity contribution in [1.82, 2.24) is 19.9 Å². The standard InChI is InChI=1S/C25H30N6/c1-18(2)31-13-10-20-14-19(8-9-22(20)31)17-30-12-5-6-23(30)21-15-26-16-25(28-21)29-24-7-3-4-11-27-24/h3-4,7-9,11,14-16,18,23H,5-6,10,12-13,17H2,1-2H3,(H,27,28,29)/t23-/m0/s1. The van der Waals surface area contributed by atoms with Crippen LogP contribution in [0.3, 0.4) is 0 Å². The quantitative estimate of drug-likeness (QED) is 0.630. The molecule has 0 amide bonds. The molecule has 1 atom stereocenters. The molecular weight excluding hydrogens is 384 g/mol. The Bertz CT molecular complexity index is 1040. The van der Waals surface area contributed by atoms with Gasteiger partial charge in [-0.2, -0.15) is 0 Å². The fraction of sp³-hybridized carbons (Fsp3) is 0.400. The number of rotatable bonds is 6. The average Bonchev–Trinajstić information content (AvgIpc) is 3.41. The molecule has 0 spiro atoms. The molecular formula is C25H30N6. The van der Waals surface area contributed by atoms with Crippen molar-refractivity contribution < 1.29 is 0 Å². The number of nitrogens with zero attached hydrogens (tertiary/aromatic N) is 5. The maximum absolute atomic E-state index is 4.87. The molecule has 0 aliphatic carbocycles. The van der Waals surface area contributed by atoms with Crippen molar-refractivity contribution in [2.24, 2.45) is 0 Å². The Balaban J connectivity index is 1.31. The number of pyridine rings is 1. The first-order valence-corrected chi connectivity index (χ1v) is 11.3. The van der Waals surface area contributed by atoms with Gasteiger partial charge >= 0.3 is 0 Å². The summed E-state index contributed by atoms with van der Waals surface area (Å²) in [6.45, 7) is 7.73. The van der Waals surface area contributed by atoms with Gasteiger partial charge < -0.3 is 10.2 Å². The van der Waals surface area contributed by atoms with Crippen molar-refractivity contribution in [2.75, 3.05) is 23.3 Å². The van der Waals surface area contributed by atoms with Crippen LogP contribution in [0.25, 0.3) is 0 Å². The first-order chi connectivity index (χ1) is 15.2. The summed E-state index contributed by atoms with van der Waals surface area (Å²) in [6, 6.07) is 13.7. The Morgan fingerprint density at radius 1 is 1.10 bits per heavy atom. The fourth-order valence-electron chi connectivity index (χ4n) is 4.87. The maximum Gasteiger partial charge on any atom is 0.150 e. The largest absolute Gasteiger partial charge is 0.369 e. The summed E-state index contributed by atoms with van der Waals surface area (Å²) in [5.74, 6) is 1.53. The molecule has 3 aromatic rings. The van der Waals surface area contributed by atoms with E-state index in [2.05, 4.69) is 57.1 Å². The number of nitrogens with one attached hydrogen (secondary N) is 1. The van der Waals surface area contributed by atoms with Crippen molar-refractivity contribution in [3.63, 3.8) is 0 Å². The minimum atomic E-state index is 0.304. The minimum absolute atomic E-state index is 0.304. The van der Waals surface area contributed by atoms with Gasteiger partial charge in [-0.15, -0.1) is 0 Å². The van der Waals surface area contributed by atoms with E-state index < -0.39 is 0 Å². The van der Waals surface area contributed by atoms with E-state index in [0.717, 1.165) is 49.8 Å². The number of hydrogen-bond donors (Lipinski definition) is 1. The summed E-state index contributed by atoms with van der Waals surface area (Å²) in [6.07, 6.45) is 8.91. The first-order valence-electron chi connectivity index (χ1n) is 11.3. The summed E-state index contributed by atoms with van der Waals surface area (Å²) in [5, 5.41) is 3.27. The molecule has 1 saturated heterocycles. The maximum atomic E-state index is 4.87. The van der Waals surface area contributed by atoms with Gasteiger partial charge in [0.25, 0.3) is 0 Å². The summed E-state index contributed by atoms with van der Waals surface area (Å²) < 4.78 is 0. The zero-order chi connectivity index (χ0) is 21.2. The molecule has 2 aliphatic heterocycles. The van der Waals surface area contributed by atoms with Gasteiger partial charge in [0, 0.05) is 31.0 Å². The van der Waals surface area contributed by atoms with E-state index in [4.69, 9.17) is 4.98 Å². The molecule has 6 nitrogen and oxygen atoms in total. The van der Waals surface area contributed by atoms with Gasteiger partial charge in [0.2, 0.25) is 0 Å². The Labute approximate surface area is 184 Å². The van der Waals surface area contributed by atoms with Gasteiger partial charge in [0.1, 0.15) is 11.6 Å². The molecule has 4 heterocycles. The van der Waals surface area contributed by atoms with Crippen LogP contribution >= 0.6 is 0 Å². The smallest absolute Gasteiger partial charge is 0.150 e. The van der Waals surface area contributed by atoms with E-state index in [1.807, 2.05) is 24.4 Å². The van der Waals surface area contributed by atoms with Crippen LogP contribution in [0.1, 0.15) is 49.6 Å². The second-order valence-corrected chi connectivity index (χ2v) is 8.80. The number of benzene rings is 1. The molecule has 5 rings (SSSR count). The summed E-state index contributed by atoms with van der Waals surface area (Å²) in [7, 11) is 0. The Morgan fingerprint density at radius 3 is 2.87 bits per heavy atom. The van der Waals surface area contributed by atoms with E-state index in [1.165, 1.54) is 23.2 Å². The van der Waals surface area contributed by atoms with E-state index in [-0.39, 0.29) is 0 Å². The molecule has 1 aromatic carbocycles. The monoisotopic (exact) mass is 414 g/mol. The highest BCUT2D eigenvalue weighted by atomic mass is 15.2. The average molecular weight is 415 g/mol. The predicted octanol–water partition coefficient (Wildman–Crippen LogP) is 4.72. The van der Waals surface area contributed by atoms with Gasteiger partial charge in [0.15, 0.2) is 0 Å². The van der Waals surface area contributed by atoms with E-state index >= 15 is 0 Å². The molecule has 2 aliphatic rings. The third-order valence-electron chi connectivity index (χ3n) is 6.36. The summed E-state index contributed by atoms with van der Waals surface area (Å²) >= 11 is 0. The molecule has 0 radical (unpaired) electrons. The molecule has 0 saturated carbocycles. The number of likely N-dealkylation sites (tertiary alicyclic amines) is 1. The van der Waals surface area contributed by atoms with Gasteiger partial charge in [-0.1, -0.05) is 18.2 Å². The molecule has 2 aromatic heterocycles. The van der Waals surface area contributed by atoms with Crippen molar-refractivity contribution in [3.8, 4) is 0 Å². The normalized spacial score (nSPS) is 18.5. The van der Waals surface area contributed by atoms with Crippen LogP contribution in [0.15, 0.2) is 55.0 Å². The van der Waals surface area contributed by atoms with Crippen molar-refractivity contribution in [2.45, 2.75) is 51.7 Å². The van der Waals surface area contributed by atoms with Crippen molar-refractivity contribution in [1.29, 1.82) is 0 Å². The molecule has 1 N–H and O–H groups in total. The van der Waals surface area contributed by atoms with Crippen LogP contribution in [0.5, 0.6) is 0 Å². The van der Waals surface area contributed by atoms with Gasteiger partial charge in [-0.05, 0) is 69.0 Å². The number of aromatic nitrogens is 3. The second kappa shape index (κ2) is 8.63. The predicted molar refractivity (Wildman–Crippen MR) is 125 cm³/mol. The third kappa shape index (κ3) is 4.26. The highest BCUT2D eigenvalue weighted by Gasteiger charge is 2.28. The van der Waals surface area contributed by atoms with Crippen LogP contribution in [0.2, 0.25) is 0 Å². The van der Waals surface area contributed by atoms with Crippen LogP contribution < -0.4 is 10.2 Å². The minimum Gasteiger partial charge on any atom is -0.369 e. The lowest BCUT2D eigenvalue weighted by atomic mass is 10.1. The number of anilines is 3. The SMILES string of the molecule is CC(C)N1CCc2cc(CN3CCC[C@H]3c3cncc(Nc4ccccn4)n3)ccc21. The Kier molecular flexibility index (Phi) is 5.55. The summed E-state index contributed by atoms with van der Waals surface area (Å²) in [5.41, 5.74) is 5.33. The van der Waals surface area contributed by atoms with E-state index in [0.29, 0.717) is 12.1 Å². The highest BCUT2D eigenvalue weighted by molar-refractivity contribution is 5.59. The lowest BCUT2D eigenvalue weighted by molar-refractivity contribution is 0.244. The van der Waals surface area contributed by atoms with E-state index in [9.17, 15) is 0 Å². The third-order valence-corrected chi connectivity index (χ3v) is 6.36. The van der Waals surface area contributed by atoms with Gasteiger partial charge in [-0.25, -0.2) is 9.97 Å².